The Morgan fingerprint density at radius 2 is 1.40 bits per heavy atom. The smallest absolute Gasteiger partial charge is 0.272 e. The van der Waals surface area contributed by atoms with Crippen molar-refractivity contribution in [3.63, 3.8) is 0 Å². The normalized spacial score (nSPS) is 11.2. The van der Waals surface area contributed by atoms with E-state index in [0.29, 0.717) is 34.9 Å². The molecule has 0 aliphatic rings. The Bertz CT molecular complexity index is 1830. The first kappa shape index (κ1) is 23.5. The van der Waals surface area contributed by atoms with Crippen LogP contribution in [0, 0.1) is 6.92 Å². The van der Waals surface area contributed by atoms with Crippen molar-refractivity contribution in [2.75, 3.05) is 0 Å². The number of aromatic nitrogens is 9. The third-order valence-electron chi connectivity index (χ3n) is 6.36. The summed E-state index contributed by atoms with van der Waals surface area (Å²) in [6, 6.07) is 33.3. The lowest BCUT2D eigenvalue weighted by Crippen LogP contribution is -2.04. The standard InChI is InChI=1S/C30H23N9O/c1-21-12-8-9-17-24(21)40-20-25-31-29(39(34-25)30-32-26-18-10-11-19-37(26)36-30)27-33-28(22-13-4-2-5-14-22)38(35-27)23-15-6-3-7-16-23/h2-19H,20H2,1H3. The maximum atomic E-state index is 6.06. The predicted octanol–water partition coefficient (Wildman–Crippen LogP) is 5.11. The minimum atomic E-state index is 0.156. The fourth-order valence-corrected chi connectivity index (χ4v) is 4.40. The van der Waals surface area contributed by atoms with Crippen LogP contribution in [-0.4, -0.2) is 44.1 Å². The molecule has 0 N–H and O–H groups in total. The first-order valence-electron chi connectivity index (χ1n) is 12.8. The maximum absolute atomic E-state index is 6.06. The molecule has 0 atom stereocenters. The number of ether oxygens (including phenoxy) is 1. The molecule has 0 aliphatic heterocycles. The largest absolute Gasteiger partial charge is 0.485 e. The summed E-state index contributed by atoms with van der Waals surface area (Å²) >= 11 is 0. The van der Waals surface area contributed by atoms with Crippen LogP contribution in [-0.2, 0) is 6.61 Å². The highest BCUT2D eigenvalue weighted by molar-refractivity contribution is 5.61. The van der Waals surface area contributed by atoms with Gasteiger partial charge in [-0.3, -0.25) is 0 Å². The molecule has 194 valence electrons. The van der Waals surface area contributed by atoms with Crippen molar-refractivity contribution in [3.8, 4) is 40.4 Å². The molecule has 0 amide bonds. The molecular weight excluding hydrogens is 502 g/mol. The number of para-hydroxylation sites is 2. The zero-order chi connectivity index (χ0) is 26.9. The summed E-state index contributed by atoms with van der Waals surface area (Å²) in [7, 11) is 0. The highest BCUT2D eigenvalue weighted by atomic mass is 16.5. The minimum absolute atomic E-state index is 0.156. The van der Waals surface area contributed by atoms with Crippen LogP contribution in [0.15, 0.2) is 109 Å². The second-order valence-electron chi connectivity index (χ2n) is 9.11. The summed E-state index contributed by atoms with van der Waals surface area (Å²) in [5, 5.41) is 14.2. The SMILES string of the molecule is Cc1ccccc1OCc1nc(-c2nc(-c3ccccc3)n(-c3ccccc3)n2)n(-c2nc3ccccn3n2)n1. The average Bonchev–Trinajstić information content (AvgIpc) is 3.74. The second-order valence-corrected chi connectivity index (χ2v) is 9.11. The van der Waals surface area contributed by atoms with Gasteiger partial charge >= 0.3 is 0 Å². The summed E-state index contributed by atoms with van der Waals surface area (Å²) in [6.07, 6.45) is 1.83. The molecule has 0 bridgehead atoms. The van der Waals surface area contributed by atoms with E-state index in [0.717, 1.165) is 22.6 Å². The molecular formula is C30H23N9O. The van der Waals surface area contributed by atoms with E-state index >= 15 is 0 Å². The van der Waals surface area contributed by atoms with Crippen molar-refractivity contribution in [1.82, 2.24) is 44.1 Å². The number of rotatable bonds is 7. The van der Waals surface area contributed by atoms with E-state index in [1.165, 1.54) is 0 Å². The van der Waals surface area contributed by atoms with Gasteiger partial charge in [0.1, 0.15) is 12.4 Å². The Kier molecular flexibility index (Phi) is 5.82. The number of pyridine rings is 1. The average molecular weight is 526 g/mol. The molecule has 0 saturated carbocycles. The Morgan fingerprint density at radius 1 is 0.650 bits per heavy atom. The molecule has 7 rings (SSSR count). The number of benzene rings is 3. The number of hydrogen-bond acceptors (Lipinski definition) is 7. The minimum Gasteiger partial charge on any atom is -0.485 e. The van der Waals surface area contributed by atoms with Crippen LogP contribution in [0.4, 0.5) is 0 Å². The molecule has 4 heterocycles. The molecule has 3 aromatic carbocycles. The third kappa shape index (κ3) is 4.37. The number of fused-ring (bicyclic) bond motifs is 1. The lowest BCUT2D eigenvalue weighted by Gasteiger charge is -2.05. The Hall–Kier alpha value is -5.64. The number of nitrogens with zero attached hydrogens (tertiary/aromatic N) is 9. The Morgan fingerprint density at radius 3 is 2.20 bits per heavy atom. The molecule has 7 aromatic rings. The zero-order valence-electron chi connectivity index (χ0n) is 21.5. The summed E-state index contributed by atoms with van der Waals surface area (Å²) in [5.41, 5.74) is 3.51. The maximum Gasteiger partial charge on any atom is 0.272 e. The molecule has 4 aromatic heterocycles. The monoisotopic (exact) mass is 525 g/mol. The number of hydrogen-bond donors (Lipinski definition) is 0. The van der Waals surface area contributed by atoms with Crippen molar-refractivity contribution in [1.29, 1.82) is 0 Å². The van der Waals surface area contributed by atoms with Gasteiger partial charge in [0.25, 0.3) is 5.95 Å². The van der Waals surface area contributed by atoms with E-state index < -0.39 is 0 Å². The van der Waals surface area contributed by atoms with Crippen molar-refractivity contribution >= 4 is 5.65 Å². The Balaban J connectivity index is 1.37. The zero-order valence-corrected chi connectivity index (χ0v) is 21.5. The first-order chi connectivity index (χ1) is 19.7. The van der Waals surface area contributed by atoms with Gasteiger partial charge in [-0.25, -0.2) is 19.2 Å². The highest BCUT2D eigenvalue weighted by Gasteiger charge is 2.24. The molecule has 0 saturated heterocycles. The Labute approximate surface area is 229 Å². The molecule has 0 radical (unpaired) electrons. The summed E-state index contributed by atoms with van der Waals surface area (Å²) in [6.45, 7) is 2.15. The van der Waals surface area contributed by atoms with Crippen LogP contribution in [0.2, 0.25) is 0 Å². The van der Waals surface area contributed by atoms with Gasteiger partial charge in [-0.05, 0) is 42.8 Å². The molecule has 10 heteroatoms. The van der Waals surface area contributed by atoms with Gasteiger partial charge in [-0.15, -0.1) is 15.3 Å². The van der Waals surface area contributed by atoms with Crippen molar-refractivity contribution in [3.05, 3.63) is 121 Å². The highest BCUT2D eigenvalue weighted by Crippen LogP contribution is 2.26. The molecule has 40 heavy (non-hydrogen) atoms. The fraction of sp³-hybridized carbons (Fsp3) is 0.0667. The van der Waals surface area contributed by atoms with E-state index in [-0.39, 0.29) is 6.61 Å². The van der Waals surface area contributed by atoms with Gasteiger partial charge in [0, 0.05) is 11.8 Å². The van der Waals surface area contributed by atoms with Crippen LogP contribution < -0.4 is 4.74 Å². The van der Waals surface area contributed by atoms with Crippen LogP contribution in [0.1, 0.15) is 11.4 Å². The van der Waals surface area contributed by atoms with E-state index in [4.69, 9.17) is 24.9 Å². The molecule has 0 spiro atoms. The molecule has 10 nitrogen and oxygen atoms in total. The first-order valence-corrected chi connectivity index (χ1v) is 12.8. The quantitative estimate of drug-likeness (QED) is 0.285. The molecule has 0 unspecified atom stereocenters. The van der Waals surface area contributed by atoms with Gasteiger partial charge in [-0.1, -0.05) is 72.8 Å². The lowest BCUT2D eigenvalue weighted by atomic mass is 10.2. The fourth-order valence-electron chi connectivity index (χ4n) is 4.40. The van der Waals surface area contributed by atoms with Crippen molar-refractivity contribution in [2.24, 2.45) is 0 Å². The van der Waals surface area contributed by atoms with Crippen LogP contribution in [0.3, 0.4) is 0 Å². The molecule has 0 aliphatic carbocycles. The topological polar surface area (TPSA) is 101 Å². The van der Waals surface area contributed by atoms with Gasteiger partial charge in [0.05, 0.1) is 5.69 Å². The van der Waals surface area contributed by atoms with Gasteiger partial charge < -0.3 is 4.74 Å². The van der Waals surface area contributed by atoms with Gasteiger partial charge in [0.2, 0.25) is 11.6 Å². The van der Waals surface area contributed by atoms with Gasteiger partial charge in [-0.2, -0.15) is 9.67 Å². The third-order valence-corrected chi connectivity index (χ3v) is 6.36. The second kappa shape index (κ2) is 9.91. The summed E-state index contributed by atoms with van der Waals surface area (Å²) < 4.78 is 11.1. The van der Waals surface area contributed by atoms with Crippen LogP contribution >= 0.6 is 0 Å². The van der Waals surface area contributed by atoms with E-state index in [1.807, 2.05) is 121 Å². The van der Waals surface area contributed by atoms with E-state index in [1.54, 1.807) is 9.20 Å². The summed E-state index contributed by atoms with van der Waals surface area (Å²) in [5.74, 6) is 3.05. The van der Waals surface area contributed by atoms with E-state index in [2.05, 4.69) is 10.1 Å². The molecule has 0 fully saturated rings. The van der Waals surface area contributed by atoms with Gasteiger partial charge in [0.15, 0.2) is 17.3 Å². The predicted molar refractivity (Wildman–Crippen MR) is 149 cm³/mol. The van der Waals surface area contributed by atoms with E-state index in [9.17, 15) is 0 Å². The van der Waals surface area contributed by atoms with Crippen molar-refractivity contribution in [2.45, 2.75) is 13.5 Å². The summed E-state index contributed by atoms with van der Waals surface area (Å²) in [4.78, 5) is 14.4. The van der Waals surface area contributed by atoms with Crippen molar-refractivity contribution < 1.29 is 4.74 Å². The van der Waals surface area contributed by atoms with Crippen LogP contribution in [0.25, 0.3) is 40.3 Å². The number of aryl methyl sites for hydroxylation is 1. The van der Waals surface area contributed by atoms with Crippen LogP contribution in [0.5, 0.6) is 5.75 Å². The lowest BCUT2D eigenvalue weighted by molar-refractivity contribution is 0.294.